The van der Waals surface area contributed by atoms with Crippen molar-refractivity contribution in [3.8, 4) is 0 Å². The lowest BCUT2D eigenvalue weighted by molar-refractivity contribution is -0.889. The summed E-state index contributed by atoms with van der Waals surface area (Å²) in [4.78, 5) is 36.5. The van der Waals surface area contributed by atoms with Gasteiger partial charge in [-0.2, -0.15) is 0 Å². The number of hydrogen-bond acceptors (Lipinski definition) is 7. The summed E-state index contributed by atoms with van der Waals surface area (Å²) in [6.07, 6.45) is 35.5. The fraction of sp³-hybridized carbons (Fsp3) is 0.675. The summed E-state index contributed by atoms with van der Waals surface area (Å²) in [5.41, 5.74) is 0. The molecule has 48 heavy (non-hydrogen) atoms. The molecule has 0 aliphatic carbocycles. The molecular weight excluding hydrogens is 606 g/mol. The van der Waals surface area contributed by atoms with Crippen molar-refractivity contribution in [1.29, 1.82) is 0 Å². The van der Waals surface area contributed by atoms with E-state index in [1.54, 1.807) is 21.1 Å². The second kappa shape index (κ2) is 31.3. The third-order valence-electron chi connectivity index (χ3n) is 7.65. The zero-order chi connectivity index (χ0) is 35.7. The van der Waals surface area contributed by atoms with Crippen LogP contribution < -0.4 is 5.11 Å². The van der Waals surface area contributed by atoms with E-state index in [2.05, 4.69) is 62.5 Å². The van der Waals surface area contributed by atoms with Gasteiger partial charge in [-0.3, -0.25) is 9.59 Å². The molecule has 0 aromatic heterocycles. The van der Waals surface area contributed by atoms with Crippen molar-refractivity contribution in [2.45, 2.75) is 135 Å². The molecular formula is C40H67NO7. The quantitative estimate of drug-likeness (QED) is 0.0321. The number of carboxylic acids is 1. The van der Waals surface area contributed by atoms with Crippen LogP contribution in [0.15, 0.2) is 60.8 Å². The summed E-state index contributed by atoms with van der Waals surface area (Å²) in [7, 11) is 5.36. The highest BCUT2D eigenvalue weighted by Gasteiger charge is 2.25. The Morgan fingerprint density at radius 1 is 0.646 bits per heavy atom. The van der Waals surface area contributed by atoms with Crippen LogP contribution in [0.25, 0.3) is 0 Å². The van der Waals surface area contributed by atoms with Crippen LogP contribution in [0.2, 0.25) is 0 Å². The number of carboxylic acid groups (broad SMARTS) is 1. The maximum Gasteiger partial charge on any atom is 0.306 e. The van der Waals surface area contributed by atoms with Crippen molar-refractivity contribution < 1.29 is 38.2 Å². The molecule has 8 nitrogen and oxygen atoms in total. The minimum absolute atomic E-state index is 0.00674. The summed E-state index contributed by atoms with van der Waals surface area (Å²) >= 11 is 0. The van der Waals surface area contributed by atoms with E-state index in [1.165, 1.54) is 19.3 Å². The number of rotatable bonds is 31. The Balaban J connectivity index is 4.59. The molecule has 0 radical (unpaired) electrons. The minimum Gasteiger partial charge on any atom is -0.544 e. The topological polar surface area (TPSA) is 102 Å². The van der Waals surface area contributed by atoms with Crippen molar-refractivity contribution >= 4 is 17.9 Å². The van der Waals surface area contributed by atoms with Gasteiger partial charge in [0.15, 0.2) is 6.10 Å². The predicted octanol–water partition coefficient (Wildman–Crippen LogP) is 7.74. The monoisotopic (exact) mass is 673 g/mol. The van der Waals surface area contributed by atoms with Crippen LogP contribution in [0.5, 0.6) is 0 Å². The number of carbonyl (C=O) groups excluding carboxylic acids is 3. The van der Waals surface area contributed by atoms with E-state index < -0.39 is 24.1 Å². The maximum absolute atomic E-state index is 12.6. The number of quaternary nitrogens is 1. The number of ether oxygens (including phenoxy) is 3. The SMILES string of the molecule is CC/C=C\C/C=C\C/C=C\C/C=C\CCC(=O)OC(COCCC(C(=O)[O-])[N+](C)(C)C)COC(=O)CCCCCCC/C=C\CCCC. The molecule has 0 fully saturated rings. The van der Waals surface area contributed by atoms with E-state index in [4.69, 9.17) is 14.2 Å². The Morgan fingerprint density at radius 2 is 1.21 bits per heavy atom. The van der Waals surface area contributed by atoms with E-state index in [1.807, 2.05) is 12.2 Å². The molecule has 2 atom stereocenters. The molecule has 0 spiro atoms. The van der Waals surface area contributed by atoms with E-state index in [-0.39, 0.29) is 43.1 Å². The van der Waals surface area contributed by atoms with E-state index in [9.17, 15) is 19.5 Å². The number of nitrogens with zero attached hydrogens (tertiary/aromatic N) is 1. The Hall–Kier alpha value is -2.97. The first-order valence-corrected chi connectivity index (χ1v) is 18.3. The summed E-state index contributed by atoms with van der Waals surface area (Å²) in [6, 6.07) is -0.739. The number of hydrogen-bond donors (Lipinski definition) is 0. The van der Waals surface area contributed by atoms with Crippen LogP contribution in [-0.4, -0.2) is 75.5 Å². The molecule has 0 amide bonds. The van der Waals surface area contributed by atoms with Crippen molar-refractivity contribution in [1.82, 2.24) is 0 Å². The Kier molecular flexibility index (Phi) is 29.4. The van der Waals surface area contributed by atoms with Gasteiger partial charge in [0, 0.05) is 19.3 Å². The number of likely N-dealkylation sites (N-methyl/N-ethyl adjacent to an activating group) is 1. The zero-order valence-electron chi connectivity index (χ0n) is 30.9. The highest BCUT2D eigenvalue weighted by molar-refractivity contribution is 5.70. The minimum atomic E-state index is -1.14. The van der Waals surface area contributed by atoms with Crippen LogP contribution >= 0.6 is 0 Å². The normalized spacial score (nSPS) is 13.8. The molecule has 274 valence electrons. The maximum atomic E-state index is 12.6. The van der Waals surface area contributed by atoms with E-state index in [0.29, 0.717) is 12.8 Å². The van der Waals surface area contributed by atoms with Crippen LogP contribution in [0.3, 0.4) is 0 Å². The van der Waals surface area contributed by atoms with E-state index >= 15 is 0 Å². The highest BCUT2D eigenvalue weighted by atomic mass is 16.6. The summed E-state index contributed by atoms with van der Waals surface area (Å²) in [5, 5.41) is 11.6. The fourth-order valence-corrected chi connectivity index (χ4v) is 4.77. The van der Waals surface area contributed by atoms with Crippen molar-refractivity contribution in [3.63, 3.8) is 0 Å². The summed E-state index contributed by atoms with van der Waals surface area (Å²) in [5.74, 6) is -1.86. The molecule has 0 aromatic rings. The molecule has 0 aliphatic heterocycles. The molecule has 0 rings (SSSR count). The van der Waals surface area contributed by atoms with Gasteiger partial charge in [0.2, 0.25) is 0 Å². The molecule has 0 saturated heterocycles. The Labute approximate surface area is 292 Å². The molecule has 0 bridgehead atoms. The number of esters is 2. The lowest BCUT2D eigenvalue weighted by Crippen LogP contribution is -2.55. The summed E-state index contributed by atoms with van der Waals surface area (Å²) < 4.78 is 16.9. The second-order valence-corrected chi connectivity index (χ2v) is 13.1. The third kappa shape index (κ3) is 29.2. The predicted molar refractivity (Wildman–Crippen MR) is 194 cm³/mol. The smallest absolute Gasteiger partial charge is 0.306 e. The fourth-order valence-electron chi connectivity index (χ4n) is 4.77. The average molecular weight is 674 g/mol. The van der Waals surface area contributed by atoms with E-state index in [0.717, 1.165) is 64.2 Å². The highest BCUT2D eigenvalue weighted by Crippen LogP contribution is 2.11. The van der Waals surface area contributed by atoms with Crippen LogP contribution in [0, 0.1) is 0 Å². The first-order valence-electron chi connectivity index (χ1n) is 18.3. The van der Waals surface area contributed by atoms with Gasteiger partial charge in [-0.05, 0) is 57.8 Å². The van der Waals surface area contributed by atoms with Gasteiger partial charge in [0.1, 0.15) is 12.6 Å². The van der Waals surface area contributed by atoms with Gasteiger partial charge in [0.25, 0.3) is 0 Å². The second-order valence-electron chi connectivity index (χ2n) is 13.1. The number of allylic oxidation sites excluding steroid dienone is 10. The lowest BCUT2D eigenvalue weighted by atomic mass is 10.1. The van der Waals surface area contributed by atoms with Crippen molar-refractivity contribution in [2.75, 3.05) is 41.0 Å². The number of unbranched alkanes of at least 4 members (excludes halogenated alkanes) is 7. The third-order valence-corrected chi connectivity index (χ3v) is 7.65. The van der Waals surface area contributed by atoms with Gasteiger partial charge in [-0.25, -0.2) is 0 Å². The largest absolute Gasteiger partial charge is 0.544 e. The molecule has 2 unspecified atom stereocenters. The van der Waals surface area contributed by atoms with Gasteiger partial charge in [0.05, 0.1) is 40.3 Å². The first kappa shape index (κ1) is 45.0. The molecule has 0 heterocycles. The molecule has 0 N–H and O–H groups in total. The first-order chi connectivity index (χ1) is 23.1. The molecule has 0 aromatic carbocycles. The van der Waals surface area contributed by atoms with Crippen LogP contribution in [-0.2, 0) is 28.6 Å². The van der Waals surface area contributed by atoms with Crippen LogP contribution in [0.1, 0.15) is 123 Å². The van der Waals surface area contributed by atoms with Crippen LogP contribution in [0.4, 0.5) is 0 Å². The van der Waals surface area contributed by atoms with Crippen molar-refractivity contribution in [2.24, 2.45) is 0 Å². The Bertz CT molecular complexity index is 975. The zero-order valence-corrected chi connectivity index (χ0v) is 30.9. The lowest BCUT2D eigenvalue weighted by Gasteiger charge is -2.34. The van der Waals surface area contributed by atoms with Gasteiger partial charge in [-0.1, -0.05) is 107 Å². The van der Waals surface area contributed by atoms with Gasteiger partial charge < -0.3 is 28.6 Å². The Morgan fingerprint density at radius 3 is 1.81 bits per heavy atom. The average Bonchev–Trinajstić information content (AvgIpc) is 3.03. The number of aliphatic carboxylic acids is 1. The number of carbonyl (C=O) groups is 3. The van der Waals surface area contributed by atoms with Gasteiger partial charge >= 0.3 is 11.9 Å². The van der Waals surface area contributed by atoms with Gasteiger partial charge in [-0.15, -0.1) is 0 Å². The molecule has 0 saturated carbocycles. The molecule has 0 aliphatic rings. The van der Waals surface area contributed by atoms with Crippen molar-refractivity contribution in [3.05, 3.63) is 60.8 Å². The standard InChI is InChI=1S/C40H67NO7/c1-6-8-10-12-14-16-18-19-21-23-25-27-29-31-39(43)48-36(34-46-33-32-37(40(44)45)41(3,4)5)35-47-38(42)30-28-26-24-22-20-17-15-13-11-9-7-2/h8,10,13-16,19,21,25,27,36-37H,6-7,9,11-12,17-18,20,22-24,26,28-35H2,1-5H3/b10-8-,15-13-,16-14-,21-19-,27-25-. The summed E-state index contributed by atoms with van der Waals surface area (Å²) in [6.45, 7) is 4.38. The molecule has 8 heteroatoms.